The Bertz CT molecular complexity index is 804. The summed E-state index contributed by atoms with van der Waals surface area (Å²) in [5.41, 5.74) is 3.02. The summed E-state index contributed by atoms with van der Waals surface area (Å²) in [6.07, 6.45) is 0. The minimum atomic E-state index is -3.56. The van der Waals surface area contributed by atoms with Crippen molar-refractivity contribution in [3.63, 3.8) is 0 Å². The van der Waals surface area contributed by atoms with Gasteiger partial charge in [-0.1, -0.05) is 12.1 Å². The van der Waals surface area contributed by atoms with Crippen LogP contribution in [0.15, 0.2) is 29.2 Å². The zero-order valence-electron chi connectivity index (χ0n) is 14.1. The van der Waals surface area contributed by atoms with Crippen LogP contribution >= 0.6 is 0 Å². The first-order chi connectivity index (χ1) is 11.4. The Kier molecular flexibility index (Phi) is 4.51. The van der Waals surface area contributed by atoms with Crippen molar-refractivity contribution in [3.05, 3.63) is 35.7 Å². The van der Waals surface area contributed by atoms with Gasteiger partial charge in [-0.05, 0) is 26.0 Å². The third-order valence-electron chi connectivity index (χ3n) is 4.33. The Morgan fingerprint density at radius 3 is 2.38 bits per heavy atom. The van der Waals surface area contributed by atoms with Gasteiger partial charge in [0.25, 0.3) is 0 Å². The summed E-state index contributed by atoms with van der Waals surface area (Å²) < 4.78 is 32.5. The lowest BCUT2D eigenvalue weighted by molar-refractivity contribution is 0.374. The summed E-state index contributed by atoms with van der Waals surface area (Å²) in [6.45, 7) is 6.07. The van der Waals surface area contributed by atoms with Crippen molar-refractivity contribution in [2.45, 2.75) is 18.7 Å². The van der Waals surface area contributed by atoms with Gasteiger partial charge in [-0.2, -0.15) is 9.40 Å². The molecule has 130 valence electrons. The van der Waals surface area contributed by atoms with E-state index >= 15 is 0 Å². The van der Waals surface area contributed by atoms with E-state index in [4.69, 9.17) is 4.74 Å². The van der Waals surface area contributed by atoms with E-state index in [9.17, 15) is 8.42 Å². The number of hydrogen-bond acceptors (Lipinski definition) is 5. The molecule has 1 aliphatic rings. The molecule has 3 rings (SSSR count). The number of benzene rings is 1. The largest absolute Gasteiger partial charge is 0.495 e. The lowest BCUT2D eigenvalue weighted by atomic mass is 10.2. The van der Waals surface area contributed by atoms with Gasteiger partial charge in [0.2, 0.25) is 10.0 Å². The molecule has 2 heterocycles. The highest BCUT2D eigenvalue weighted by Gasteiger charge is 2.31. The normalized spacial score (nSPS) is 16.4. The van der Waals surface area contributed by atoms with Crippen LogP contribution in [-0.4, -0.2) is 56.2 Å². The predicted octanol–water partition coefficient (Wildman–Crippen LogP) is 1.55. The van der Waals surface area contributed by atoms with E-state index in [1.807, 2.05) is 13.8 Å². The summed E-state index contributed by atoms with van der Waals surface area (Å²) in [5, 5.41) is 7.19. The van der Waals surface area contributed by atoms with Crippen molar-refractivity contribution in [1.29, 1.82) is 0 Å². The molecule has 1 aromatic heterocycles. The molecule has 1 N–H and O–H groups in total. The molecule has 0 amide bonds. The van der Waals surface area contributed by atoms with Crippen LogP contribution in [0.4, 0.5) is 5.69 Å². The van der Waals surface area contributed by atoms with Gasteiger partial charge in [-0.15, -0.1) is 0 Å². The SMILES string of the molecule is COc1ccccc1S(=O)(=O)N1CCN(c2c(C)n[nH]c2C)CC1. The minimum Gasteiger partial charge on any atom is -0.495 e. The number of anilines is 1. The maximum Gasteiger partial charge on any atom is 0.246 e. The second-order valence-electron chi connectivity index (χ2n) is 5.82. The van der Waals surface area contributed by atoms with Crippen molar-refractivity contribution in [2.24, 2.45) is 0 Å². The predicted molar refractivity (Wildman–Crippen MR) is 92.0 cm³/mol. The van der Waals surface area contributed by atoms with Gasteiger partial charge < -0.3 is 9.64 Å². The molecule has 1 aromatic carbocycles. The average molecular weight is 350 g/mol. The molecule has 1 fully saturated rings. The highest BCUT2D eigenvalue weighted by atomic mass is 32.2. The maximum atomic E-state index is 12.9. The summed E-state index contributed by atoms with van der Waals surface area (Å²) >= 11 is 0. The summed E-state index contributed by atoms with van der Waals surface area (Å²) in [6, 6.07) is 6.73. The van der Waals surface area contributed by atoms with Crippen LogP contribution in [0.5, 0.6) is 5.75 Å². The third-order valence-corrected chi connectivity index (χ3v) is 6.27. The molecule has 24 heavy (non-hydrogen) atoms. The van der Waals surface area contributed by atoms with Gasteiger partial charge in [0.15, 0.2) is 0 Å². The molecular weight excluding hydrogens is 328 g/mol. The van der Waals surface area contributed by atoms with E-state index in [1.54, 1.807) is 24.3 Å². The highest BCUT2D eigenvalue weighted by molar-refractivity contribution is 7.89. The quantitative estimate of drug-likeness (QED) is 0.905. The molecule has 1 aliphatic heterocycles. The number of aromatic nitrogens is 2. The second kappa shape index (κ2) is 6.45. The van der Waals surface area contributed by atoms with E-state index in [0.29, 0.717) is 31.9 Å². The highest BCUT2D eigenvalue weighted by Crippen LogP contribution is 2.29. The fourth-order valence-corrected chi connectivity index (χ4v) is 4.71. The first-order valence-electron chi connectivity index (χ1n) is 7.85. The number of nitrogens with one attached hydrogen (secondary N) is 1. The molecule has 2 aromatic rings. The number of sulfonamides is 1. The Morgan fingerprint density at radius 2 is 1.79 bits per heavy atom. The zero-order valence-corrected chi connectivity index (χ0v) is 14.9. The number of piperazine rings is 1. The van der Waals surface area contributed by atoms with E-state index in [1.165, 1.54) is 11.4 Å². The van der Waals surface area contributed by atoms with Crippen LogP contribution in [-0.2, 0) is 10.0 Å². The molecule has 1 saturated heterocycles. The smallest absolute Gasteiger partial charge is 0.246 e. The number of methoxy groups -OCH3 is 1. The monoisotopic (exact) mass is 350 g/mol. The van der Waals surface area contributed by atoms with Crippen LogP contribution in [0, 0.1) is 13.8 Å². The van der Waals surface area contributed by atoms with E-state index in [2.05, 4.69) is 15.1 Å². The first kappa shape index (κ1) is 16.8. The zero-order chi connectivity index (χ0) is 17.3. The Balaban J connectivity index is 1.79. The fourth-order valence-electron chi connectivity index (χ4n) is 3.13. The van der Waals surface area contributed by atoms with Crippen LogP contribution < -0.4 is 9.64 Å². The summed E-state index contributed by atoms with van der Waals surface area (Å²) in [4.78, 5) is 2.40. The molecule has 0 radical (unpaired) electrons. The number of nitrogens with zero attached hydrogens (tertiary/aromatic N) is 3. The Labute approximate surface area is 142 Å². The van der Waals surface area contributed by atoms with Crippen molar-refractivity contribution in [2.75, 3.05) is 38.2 Å². The van der Waals surface area contributed by atoms with E-state index < -0.39 is 10.0 Å². The number of para-hydroxylation sites is 1. The molecule has 0 spiro atoms. The van der Waals surface area contributed by atoms with Gasteiger partial charge in [0.05, 0.1) is 24.2 Å². The topological polar surface area (TPSA) is 78.5 Å². The number of hydrogen-bond donors (Lipinski definition) is 1. The van der Waals surface area contributed by atoms with E-state index in [-0.39, 0.29) is 4.90 Å². The molecule has 0 bridgehead atoms. The molecular formula is C16H22N4O3S. The van der Waals surface area contributed by atoms with Gasteiger partial charge in [-0.3, -0.25) is 5.10 Å². The van der Waals surface area contributed by atoms with Gasteiger partial charge in [-0.25, -0.2) is 8.42 Å². The molecule has 0 aliphatic carbocycles. The van der Waals surface area contributed by atoms with E-state index in [0.717, 1.165) is 17.1 Å². The Hall–Kier alpha value is -2.06. The van der Waals surface area contributed by atoms with Gasteiger partial charge >= 0.3 is 0 Å². The van der Waals surface area contributed by atoms with Crippen molar-refractivity contribution >= 4 is 15.7 Å². The number of ether oxygens (including phenoxy) is 1. The van der Waals surface area contributed by atoms with Crippen LogP contribution in [0.1, 0.15) is 11.4 Å². The molecule has 8 heteroatoms. The molecule has 0 unspecified atom stereocenters. The maximum absolute atomic E-state index is 12.9. The van der Waals surface area contributed by atoms with Crippen LogP contribution in [0.25, 0.3) is 0 Å². The molecule has 0 atom stereocenters. The van der Waals surface area contributed by atoms with Crippen molar-refractivity contribution in [1.82, 2.24) is 14.5 Å². The molecule has 0 saturated carbocycles. The van der Waals surface area contributed by atoms with Crippen molar-refractivity contribution in [3.8, 4) is 5.75 Å². The van der Waals surface area contributed by atoms with Crippen LogP contribution in [0.3, 0.4) is 0 Å². The fraction of sp³-hybridized carbons (Fsp3) is 0.438. The summed E-state index contributed by atoms with van der Waals surface area (Å²) in [5.74, 6) is 0.376. The average Bonchev–Trinajstić information content (AvgIpc) is 2.93. The second-order valence-corrected chi connectivity index (χ2v) is 7.73. The van der Waals surface area contributed by atoms with Crippen molar-refractivity contribution < 1.29 is 13.2 Å². The number of rotatable bonds is 4. The standard InChI is InChI=1S/C16H22N4O3S/c1-12-16(13(2)18-17-12)19-8-10-20(11-9-19)24(21,22)15-7-5-4-6-14(15)23-3/h4-7H,8-11H2,1-3H3,(H,17,18). The van der Waals surface area contributed by atoms with Gasteiger partial charge in [0.1, 0.15) is 10.6 Å². The van der Waals surface area contributed by atoms with Gasteiger partial charge in [0, 0.05) is 26.2 Å². The first-order valence-corrected chi connectivity index (χ1v) is 9.29. The minimum absolute atomic E-state index is 0.219. The summed E-state index contributed by atoms with van der Waals surface area (Å²) in [7, 11) is -2.08. The number of H-pyrrole nitrogens is 1. The third kappa shape index (κ3) is 2.87. The lowest BCUT2D eigenvalue weighted by Gasteiger charge is -2.35. The Morgan fingerprint density at radius 1 is 1.12 bits per heavy atom. The number of aromatic amines is 1. The molecule has 7 nitrogen and oxygen atoms in total. The lowest BCUT2D eigenvalue weighted by Crippen LogP contribution is -2.49. The van der Waals surface area contributed by atoms with Crippen LogP contribution in [0.2, 0.25) is 0 Å². The number of aryl methyl sites for hydroxylation is 2.